The van der Waals surface area contributed by atoms with Crippen LogP contribution in [-0.2, 0) is 24.1 Å². The Balaban J connectivity index is 2.09. The van der Waals surface area contributed by atoms with Gasteiger partial charge in [-0.15, -0.1) is 0 Å². The van der Waals surface area contributed by atoms with Gasteiger partial charge in [0.05, 0.1) is 28.4 Å². The van der Waals surface area contributed by atoms with Crippen molar-refractivity contribution in [2.24, 2.45) is 0 Å². The van der Waals surface area contributed by atoms with E-state index in [1.54, 1.807) is 6.26 Å². The number of ether oxygens (including phenoxy) is 1. The quantitative estimate of drug-likeness (QED) is 0.668. The molecule has 3 rings (SSSR count). The Kier molecular flexibility index (Phi) is 4.97. The lowest BCUT2D eigenvalue weighted by Gasteiger charge is -2.12. The minimum atomic E-state index is 0.607. The van der Waals surface area contributed by atoms with E-state index < -0.39 is 0 Å². The van der Waals surface area contributed by atoms with E-state index in [0.717, 1.165) is 38.0 Å². The topological polar surface area (TPSA) is 26.2 Å². The predicted octanol–water partition coefficient (Wildman–Crippen LogP) is 4.19. The molecule has 1 aromatic carbocycles. The Morgan fingerprint density at radius 3 is 2.91 bits per heavy atom. The van der Waals surface area contributed by atoms with E-state index in [1.807, 2.05) is 19.1 Å². The zero-order chi connectivity index (χ0) is 15.5. The summed E-state index contributed by atoms with van der Waals surface area (Å²) in [5.74, 6) is 0. The van der Waals surface area contributed by atoms with Crippen molar-refractivity contribution in [3.05, 3.63) is 45.8 Å². The van der Waals surface area contributed by atoms with Crippen LogP contribution in [0.15, 0.2) is 24.5 Å². The first kappa shape index (κ1) is 15.7. The van der Waals surface area contributed by atoms with Crippen LogP contribution < -0.4 is 5.32 Å². The highest BCUT2D eigenvalue weighted by Gasteiger charge is 2.21. The highest BCUT2D eigenvalue weighted by Crippen LogP contribution is 2.36. The summed E-state index contributed by atoms with van der Waals surface area (Å²) in [7, 11) is 0. The van der Waals surface area contributed by atoms with Gasteiger partial charge in [-0.2, -0.15) is 0 Å². The molecular weight excluding hydrogens is 319 g/mol. The molecule has 0 unspecified atom stereocenters. The predicted molar refractivity (Wildman–Crippen MR) is 93.0 cm³/mol. The maximum Gasteiger partial charge on any atom is 0.105 e. The van der Waals surface area contributed by atoms with Gasteiger partial charge in [-0.25, -0.2) is 0 Å². The van der Waals surface area contributed by atoms with Crippen molar-refractivity contribution >= 4 is 34.1 Å². The van der Waals surface area contributed by atoms with E-state index >= 15 is 0 Å². The molecular formula is C17H20Cl2N2O. The summed E-state index contributed by atoms with van der Waals surface area (Å²) in [6.07, 6.45) is 5.64. The molecule has 2 heterocycles. The van der Waals surface area contributed by atoms with Crippen LogP contribution in [0.1, 0.15) is 18.2 Å². The fraction of sp³-hybridized carbons (Fsp3) is 0.412. The van der Waals surface area contributed by atoms with Crippen LogP contribution in [0.4, 0.5) is 0 Å². The van der Waals surface area contributed by atoms with E-state index in [1.165, 1.54) is 16.6 Å². The first-order chi connectivity index (χ1) is 10.7. The molecule has 118 valence electrons. The van der Waals surface area contributed by atoms with Crippen molar-refractivity contribution < 1.29 is 4.74 Å². The van der Waals surface area contributed by atoms with Crippen LogP contribution >= 0.6 is 23.2 Å². The zero-order valence-corrected chi connectivity index (χ0v) is 14.2. The van der Waals surface area contributed by atoms with Gasteiger partial charge in [0.15, 0.2) is 0 Å². The highest BCUT2D eigenvalue weighted by molar-refractivity contribution is 6.45. The summed E-state index contributed by atoms with van der Waals surface area (Å²) >= 11 is 12.7. The molecule has 22 heavy (non-hydrogen) atoms. The lowest BCUT2D eigenvalue weighted by molar-refractivity contribution is 0.235. The molecule has 0 fully saturated rings. The fourth-order valence-electron chi connectivity index (χ4n) is 3.17. The molecule has 0 spiro atoms. The molecule has 0 saturated heterocycles. The van der Waals surface area contributed by atoms with E-state index in [0.29, 0.717) is 16.7 Å². The maximum absolute atomic E-state index is 6.51. The third-order valence-electron chi connectivity index (χ3n) is 4.09. The third-order valence-corrected chi connectivity index (χ3v) is 4.89. The standard InChI is InChI=1S/C17H20Cl2N2O/c1-2-10-22-11-9-21-15-6-8-20-7-5-12(15)13-3-4-14(18)16(19)17(13)21/h2-4,10,20H,5-9,11H2,1H3/b10-2+. The van der Waals surface area contributed by atoms with Gasteiger partial charge in [0.25, 0.3) is 0 Å². The van der Waals surface area contributed by atoms with Gasteiger partial charge >= 0.3 is 0 Å². The number of fused-ring (bicyclic) bond motifs is 3. The van der Waals surface area contributed by atoms with Crippen molar-refractivity contribution in [3.63, 3.8) is 0 Å². The summed E-state index contributed by atoms with van der Waals surface area (Å²) in [5, 5.41) is 5.93. The Hall–Kier alpha value is -1.16. The van der Waals surface area contributed by atoms with Crippen LogP contribution in [0.25, 0.3) is 10.9 Å². The molecule has 0 saturated carbocycles. The molecule has 1 aliphatic rings. The molecule has 2 aromatic rings. The number of nitrogens with one attached hydrogen (secondary N) is 1. The number of hydrogen-bond donors (Lipinski definition) is 1. The highest BCUT2D eigenvalue weighted by atomic mass is 35.5. The van der Waals surface area contributed by atoms with Crippen molar-refractivity contribution in [1.29, 1.82) is 0 Å². The van der Waals surface area contributed by atoms with Crippen LogP contribution in [0.3, 0.4) is 0 Å². The van der Waals surface area contributed by atoms with Gasteiger partial charge in [0, 0.05) is 24.0 Å². The molecule has 1 N–H and O–H groups in total. The number of aromatic nitrogens is 1. The summed E-state index contributed by atoms with van der Waals surface area (Å²) < 4.78 is 7.79. The SMILES string of the molecule is C/C=C/OCCn1c2c(c3ccc(Cl)c(Cl)c31)CCNCC2. The maximum atomic E-state index is 6.51. The van der Waals surface area contributed by atoms with Crippen molar-refractivity contribution in [3.8, 4) is 0 Å². The van der Waals surface area contributed by atoms with Crippen LogP contribution in [-0.4, -0.2) is 24.3 Å². The van der Waals surface area contributed by atoms with E-state index in [9.17, 15) is 0 Å². The zero-order valence-electron chi connectivity index (χ0n) is 12.7. The first-order valence-electron chi connectivity index (χ1n) is 7.65. The lowest BCUT2D eigenvalue weighted by Crippen LogP contribution is -2.17. The Bertz CT molecular complexity index is 706. The second-order valence-electron chi connectivity index (χ2n) is 5.42. The molecule has 0 amide bonds. The second kappa shape index (κ2) is 6.95. The van der Waals surface area contributed by atoms with E-state index in [2.05, 4.69) is 16.0 Å². The van der Waals surface area contributed by atoms with Crippen LogP contribution in [0.2, 0.25) is 10.0 Å². The van der Waals surface area contributed by atoms with Gasteiger partial charge in [0.1, 0.15) is 6.61 Å². The summed E-state index contributed by atoms with van der Waals surface area (Å²) in [6.45, 7) is 5.33. The molecule has 1 aliphatic heterocycles. The van der Waals surface area contributed by atoms with Crippen LogP contribution in [0, 0.1) is 0 Å². The molecule has 0 radical (unpaired) electrons. The Labute approximate surface area is 140 Å². The monoisotopic (exact) mass is 338 g/mol. The largest absolute Gasteiger partial charge is 0.500 e. The number of nitrogens with zero attached hydrogens (tertiary/aromatic N) is 1. The molecule has 5 heteroatoms. The smallest absolute Gasteiger partial charge is 0.105 e. The van der Waals surface area contributed by atoms with Crippen molar-refractivity contribution in [2.75, 3.05) is 19.7 Å². The number of rotatable bonds is 4. The van der Waals surface area contributed by atoms with Crippen LogP contribution in [0.5, 0.6) is 0 Å². The van der Waals surface area contributed by atoms with Gasteiger partial charge in [-0.3, -0.25) is 0 Å². The minimum Gasteiger partial charge on any atom is -0.500 e. The number of benzene rings is 1. The van der Waals surface area contributed by atoms with Gasteiger partial charge in [0.2, 0.25) is 0 Å². The summed E-state index contributed by atoms with van der Waals surface area (Å²) in [6, 6.07) is 3.99. The Morgan fingerprint density at radius 2 is 2.09 bits per heavy atom. The number of hydrogen-bond acceptors (Lipinski definition) is 2. The lowest BCUT2D eigenvalue weighted by atomic mass is 10.1. The fourth-order valence-corrected chi connectivity index (χ4v) is 3.58. The molecule has 3 nitrogen and oxygen atoms in total. The van der Waals surface area contributed by atoms with Crippen molar-refractivity contribution in [2.45, 2.75) is 26.3 Å². The average Bonchev–Trinajstić information content (AvgIpc) is 2.67. The number of allylic oxidation sites excluding steroid dienone is 1. The van der Waals surface area contributed by atoms with Crippen molar-refractivity contribution in [1.82, 2.24) is 9.88 Å². The number of halogens is 2. The second-order valence-corrected chi connectivity index (χ2v) is 6.21. The Morgan fingerprint density at radius 1 is 1.27 bits per heavy atom. The third kappa shape index (κ3) is 2.85. The van der Waals surface area contributed by atoms with Gasteiger partial charge < -0.3 is 14.6 Å². The van der Waals surface area contributed by atoms with E-state index in [4.69, 9.17) is 27.9 Å². The summed E-state index contributed by atoms with van der Waals surface area (Å²) in [5.41, 5.74) is 3.79. The molecule has 0 atom stereocenters. The van der Waals surface area contributed by atoms with Gasteiger partial charge in [-0.05, 0) is 31.5 Å². The van der Waals surface area contributed by atoms with Gasteiger partial charge in [-0.1, -0.05) is 35.3 Å². The minimum absolute atomic E-state index is 0.607. The molecule has 0 aliphatic carbocycles. The summed E-state index contributed by atoms with van der Waals surface area (Å²) in [4.78, 5) is 0. The first-order valence-corrected chi connectivity index (χ1v) is 8.41. The average molecular weight is 339 g/mol. The molecule has 0 bridgehead atoms. The normalized spacial score (nSPS) is 15.2. The van der Waals surface area contributed by atoms with E-state index in [-0.39, 0.29) is 0 Å². The molecule has 1 aromatic heterocycles.